The summed E-state index contributed by atoms with van der Waals surface area (Å²) in [4.78, 5) is 0. The molecule has 5 heteroatoms. The van der Waals surface area contributed by atoms with E-state index in [1.807, 2.05) is 18.2 Å². The van der Waals surface area contributed by atoms with Crippen molar-refractivity contribution in [3.8, 4) is 11.5 Å². The van der Waals surface area contributed by atoms with E-state index < -0.39 is 5.82 Å². The molecule has 0 atom stereocenters. The van der Waals surface area contributed by atoms with E-state index in [2.05, 4.69) is 38.5 Å². The number of halogens is 3. The summed E-state index contributed by atoms with van der Waals surface area (Å²) in [6, 6.07) is 10.2. The predicted octanol–water partition coefficient (Wildman–Crippen LogP) is 4.57. The first-order chi connectivity index (χ1) is 8.08. The third-order valence-electron chi connectivity index (χ3n) is 2.11. The number of nitrogens with two attached hydrogens (primary N) is 1. The molecule has 0 heterocycles. The van der Waals surface area contributed by atoms with Gasteiger partial charge >= 0.3 is 0 Å². The van der Waals surface area contributed by atoms with Gasteiger partial charge in [-0.2, -0.15) is 0 Å². The van der Waals surface area contributed by atoms with Gasteiger partial charge in [-0.05, 0) is 56.7 Å². The molecule has 2 nitrogen and oxygen atoms in total. The Morgan fingerprint density at radius 3 is 2.59 bits per heavy atom. The number of anilines is 1. The first-order valence-corrected chi connectivity index (χ1v) is 6.62. The van der Waals surface area contributed by atoms with Crippen LogP contribution in [-0.4, -0.2) is 0 Å². The van der Waals surface area contributed by atoms with Crippen LogP contribution in [0, 0.1) is 9.39 Å². The highest BCUT2D eigenvalue weighted by molar-refractivity contribution is 14.1. The number of hydrogen-bond donors (Lipinski definition) is 1. The molecule has 0 unspecified atom stereocenters. The van der Waals surface area contributed by atoms with Crippen LogP contribution in [0.5, 0.6) is 11.5 Å². The van der Waals surface area contributed by atoms with Crippen LogP contribution in [0.25, 0.3) is 0 Å². The quantitative estimate of drug-likeness (QED) is 0.584. The molecule has 2 rings (SSSR count). The lowest BCUT2D eigenvalue weighted by Crippen LogP contribution is -1.95. The second-order valence-electron chi connectivity index (χ2n) is 3.34. The molecule has 0 aliphatic carbocycles. The molecule has 2 N–H and O–H groups in total. The lowest BCUT2D eigenvalue weighted by molar-refractivity contribution is 0.475. The molecular formula is C12H8BrFINO. The molecule has 0 aromatic heterocycles. The summed E-state index contributed by atoms with van der Waals surface area (Å²) in [7, 11) is 0. The van der Waals surface area contributed by atoms with Gasteiger partial charge in [0.15, 0.2) is 5.75 Å². The van der Waals surface area contributed by atoms with Gasteiger partial charge in [0.05, 0.1) is 13.7 Å². The van der Waals surface area contributed by atoms with Gasteiger partial charge in [-0.15, -0.1) is 0 Å². The molecule has 2 aromatic carbocycles. The molecule has 0 aliphatic heterocycles. The van der Waals surface area contributed by atoms with E-state index in [-0.39, 0.29) is 0 Å². The third kappa shape index (κ3) is 2.90. The number of ether oxygens (including phenoxy) is 1. The summed E-state index contributed by atoms with van der Waals surface area (Å²) in [6.45, 7) is 0. The van der Waals surface area contributed by atoms with Gasteiger partial charge < -0.3 is 10.5 Å². The Kier molecular flexibility index (Phi) is 3.88. The van der Waals surface area contributed by atoms with Crippen molar-refractivity contribution in [3.05, 3.63) is 50.3 Å². The highest BCUT2D eigenvalue weighted by Gasteiger charge is 2.09. The Balaban J connectivity index is 2.37. The van der Waals surface area contributed by atoms with E-state index in [4.69, 9.17) is 10.5 Å². The zero-order valence-corrected chi connectivity index (χ0v) is 12.3. The molecule has 0 saturated heterocycles. The summed E-state index contributed by atoms with van der Waals surface area (Å²) in [6.07, 6.45) is 0. The number of para-hydroxylation sites is 1. The van der Waals surface area contributed by atoms with Gasteiger partial charge in [-0.25, -0.2) is 4.39 Å². The molecule has 0 fully saturated rings. The van der Waals surface area contributed by atoms with Gasteiger partial charge in [0.1, 0.15) is 11.6 Å². The first-order valence-electron chi connectivity index (χ1n) is 4.75. The minimum atomic E-state index is -0.403. The maximum Gasteiger partial charge on any atom is 0.153 e. The summed E-state index contributed by atoms with van der Waals surface area (Å²) >= 11 is 5.21. The van der Waals surface area contributed by atoms with Crippen molar-refractivity contribution >= 4 is 44.2 Å². The van der Waals surface area contributed by atoms with Crippen LogP contribution in [0.4, 0.5) is 10.1 Å². The smallest absolute Gasteiger partial charge is 0.153 e. The highest BCUT2D eigenvalue weighted by Crippen LogP contribution is 2.33. The summed E-state index contributed by atoms with van der Waals surface area (Å²) in [5.74, 6) is 0.566. The Bertz CT molecular complexity index is 562. The van der Waals surface area contributed by atoms with E-state index in [1.54, 1.807) is 6.07 Å². The minimum Gasteiger partial charge on any atom is -0.454 e. The van der Waals surface area contributed by atoms with Crippen molar-refractivity contribution < 1.29 is 9.13 Å². The first kappa shape index (κ1) is 12.6. The lowest BCUT2D eigenvalue weighted by atomic mass is 10.3. The zero-order valence-electron chi connectivity index (χ0n) is 8.58. The van der Waals surface area contributed by atoms with Gasteiger partial charge in [0.25, 0.3) is 0 Å². The second kappa shape index (κ2) is 5.22. The van der Waals surface area contributed by atoms with Gasteiger partial charge in [0.2, 0.25) is 0 Å². The third-order valence-corrected chi connectivity index (χ3v) is 3.61. The van der Waals surface area contributed by atoms with Crippen LogP contribution in [0.2, 0.25) is 0 Å². The number of hydrogen-bond acceptors (Lipinski definition) is 2. The maximum atomic E-state index is 13.4. The summed E-state index contributed by atoms with van der Waals surface area (Å²) in [5.41, 5.74) is 6.15. The molecular weight excluding hydrogens is 400 g/mol. The van der Waals surface area contributed by atoms with Crippen LogP contribution in [0.1, 0.15) is 0 Å². The Labute approximate surface area is 120 Å². The molecule has 0 saturated carbocycles. The fraction of sp³-hybridized carbons (Fsp3) is 0. The van der Waals surface area contributed by atoms with Crippen molar-refractivity contribution in [3.63, 3.8) is 0 Å². The SMILES string of the molecule is Nc1cc(Br)c(F)cc1Oc1ccccc1I. The lowest BCUT2D eigenvalue weighted by Gasteiger charge is -2.10. The van der Waals surface area contributed by atoms with E-state index in [0.29, 0.717) is 21.7 Å². The van der Waals surface area contributed by atoms with E-state index in [0.717, 1.165) is 3.57 Å². The molecule has 17 heavy (non-hydrogen) atoms. The fourth-order valence-corrected chi connectivity index (χ4v) is 2.14. The Morgan fingerprint density at radius 1 is 1.18 bits per heavy atom. The van der Waals surface area contributed by atoms with Crippen LogP contribution in [0.3, 0.4) is 0 Å². The summed E-state index contributed by atoms with van der Waals surface area (Å²) in [5, 5.41) is 0. The molecule has 0 amide bonds. The van der Waals surface area contributed by atoms with Crippen LogP contribution in [0.15, 0.2) is 40.9 Å². The van der Waals surface area contributed by atoms with Gasteiger partial charge in [0, 0.05) is 6.07 Å². The van der Waals surface area contributed by atoms with E-state index in [1.165, 1.54) is 12.1 Å². The van der Waals surface area contributed by atoms with Crippen molar-refractivity contribution in [2.75, 3.05) is 5.73 Å². The van der Waals surface area contributed by atoms with Gasteiger partial charge in [-0.1, -0.05) is 12.1 Å². The number of benzene rings is 2. The topological polar surface area (TPSA) is 35.2 Å². The van der Waals surface area contributed by atoms with Gasteiger partial charge in [-0.3, -0.25) is 0 Å². The largest absolute Gasteiger partial charge is 0.454 e. The molecule has 0 spiro atoms. The van der Waals surface area contributed by atoms with E-state index in [9.17, 15) is 4.39 Å². The molecule has 88 valence electrons. The van der Waals surface area contributed by atoms with E-state index >= 15 is 0 Å². The molecule has 2 aromatic rings. The maximum absolute atomic E-state index is 13.4. The van der Waals surface area contributed by atoms with Crippen molar-refractivity contribution in [2.24, 2.45) is 0 Å². The van der Waals surface area contributed by atoms with Crippen molar-refractivity contribution in [1.82, 2.24) is 0 Å². The monoisotopic (exact) mass is 407 g/mol. The normalized spacial score (nSPS) is 10.3. The second-order valence-corrected chi connectivity index (χ2v) is 5.35. The number of rotatable bonds is 2. The fourth-order valence-electron chi connectivity index (χ4n) is 1.28. The number of nitrogen functional groups attached to an aromatic ring is 1. The zero-order chi connectivity index (χ0) is 12.4. The van der Waals surface area contributed by atoms with Crippen molar-refractivity contribution in [2.45, 2.75) is 0 Å². The average molecular weight is 408 g/mol. The van der Waals surface area contributed by atoms with Crippen LogP contribution >= 0.6 is 38.5 Å². The Hall–Kier alpha value is -0.820. The highest BCUT2D eigenvalue weighted by atomic mass is 127. The minimum absolute atomic E-state index is 0.315. The molecule has 0 aliphatic rings. The van der Waals surface area contributed by atoms with Crippen molar-refractivity contribution in [1.29, 1.82) is 0 Å². The molecule has 0 radical (unpaired) electrons. The summed E-state index contributed by atoms with van der Waals surface area (Å²) < 4.78 is 20.2. The predicted molar refractivity (Wildman–Crippen MR) is 77.7 cm³/mol. The average Bonchev–Trinajstić information content (AvgIpc) is 2.29. The molecule has 0 bridgehead atoms. The van der Waals surface area contributed by atoms with Crippen LogP contribution in [-0.2, 0) is 0 Å². The standard InChI is InChI=1S/C12H8BrFINO/c13-7-5-10(16)12(6-8(7)14)17-11-4-2-1-3-9(11)15/h1-6H,16H2. The Morgan fingerprint density at radius 2 is 1.88 bits per heavy atom. The van der Waals surface area contributed by atoms with Crippen LogP contribution < -0.4 is 10.5 Å².